The highest BCUT2D eigenvalue weighted by atomic mass is 35.5. The van der Waals surface area contributed by atoms with E-state index in [-0.39, 0.29) is 18.3 Å². The molecule has 0 bridgehead atoms. The highest BCUT2D eigenvalue weighted by molar-refractivity contribution is 6.39. The molecule has 3 aromatic rings. The van der Waals surface area contributed by atoms with E-state index in [9.17, 15) is 14.6 Å². The molecular formula is C26H26Cl2FNO4. The van der Waals surface area contributed by atoms with Crippen LogP contribution in [-0.2, 0) is 23.6 Å². The molecule has 0 radical (unpaired) electrons. The Hall–Kier alpha value is -1.96. The van der Waals surface area contributed by atoms with Gasteiger partial charge in [-0.25, -0.2) is 4.39 Å². The van der Waals surface area contributed by atoms with E-state index in [2.05, 4.69) is 5.16 Å². The minimum Gasteiger partial charge on any atom is -0.392 e. The van der Waals surface area contributed by atoms with Gasteiger partial charge in [-0.3, -0.25) is 0 Å². The maximum Gasteiger partial charge on any atom is 0.145 e. The molecule has 1 heterocycles. The van der Waals surface area contributed by atoms with Crippen LogP contribution in [-0.4, -0.2) is 21.5 Å². The summed E-state index contributed by atoms with van der Waals surface area (Å²) in [4.78, 5) is 0. The van der Waals surface area contributed by atoms with Crippen LogP contribution in [0.1, 0.15) is 66.9 Å². The molecule has 0 atom stereocenters. The molecule has 5 nitrogen and oxygen atoms in total. The lowest BCUT2D eigenvalue weighted by molar-refractivity contribution is -0.0657. The van der Waals surface area contributed by atoms with Crippen molar-refractivity contribution in [1.82, 2.24) is 5.16 Å². The lowest BCUT2D eigenvalue weighted by atomic mass is 9.78. The van der Waals surface area contributed by atoms with Gasteiger partial charge >= 0.3 is 0 Å². The molecule has 2 aliphatic carbocycles. The molecule has 2 N–H and O–H groups in total. The fourth-order valence-electron chi connectivity index (χ4n) is 4.78. The third-order valence-electron chi connectivity index (χ3n) is 6.90. The van der Waals surface area contributed by atoms with Crippen LogP contribution < -0.4 is 0 Å². The van der Waals surface area contributed by atoms with Crippen LogP contribution in [0.5, 0.6) is 0 Å². The Bertz CT molecular complexity index is 1170. The number of aromatic nitrogens is 1. The smallest absolute Gasteiger partial charge is 0.145 e. The van der Waals surface area contributed by atoms with Gasteiger partial charge in [0.25, 0.3) is 0 Å². The summed E-state index contributed by atoms with van der Waals surface area (Å²) in [5, 5.41) is 25.8. The van der Waals surface area contributed by atoms with Gasteiger partial charge in [-0.05, 0) is 68.4 Å². The molecule has 0 saturated heterocycles. The molecule has 5 rings (SSSR count). The molecule has 2 aromatic carbocycles. The predicted octanol–water partition coefficient (Wildman–Crippen LogP) is 6.50. The van der Waals surface area contributed by atoms with E-state index in [1.54, 1.807) is 24.3 Å². The Morgan fingerprint density at radius 3 is 2.44 bits per heavy atom. The Morgan fingerprint density at radius 2 is 1.79 bits per heavy atom. The predicted molar refractivity (Wildman–Crippen MR) is 127 cm³/mol. The van der Waals surface area contributed by atoms with Crippen molar-refractivity contribution in [3.63, 3.8) is 0 Å². The van der Waals surface area contributed by atoms with Gasteiger partial charge in [-0.1, -0.05) is 40.5 Å². The van der Waals surface area contributed by atoms with Gasteiger partial charge in [-0.2, -0.15) is 0 Å². The van der Waals surface area contributed by atoms with Gasteiger partial charge in [0.05, 0.1) is 35.0 Å². The zero-order chi connectivity index (χ0) is 23.9. The normalized spacial score (nSPS) is 22.8. The molecule has 8 heteroatoms. The topological polar surface area (TPSA) is 75.7 Å². The van der Waals surface area contributed by atoms with E-state index in [0.29, 0.717) is 65.1 Å². The standard InChI is InChI=1S/C26H26Cl2FNO4/c27-20-2-1-3-21(28)23(20)24-18(25(34-30-24)16-5-6-16)14-33-17-8-10-26(32,11-9-17)19-12-15(13-31)4-7-22(19)29/h1-4,7,12,16-17,31-32H,5-6,8-11,13-14H2/t17-,26-. The second kappa shape index (κ2) is 9.59. The molecule has 2 saturated carbocycles. The van der Waals surface area contributed by atoms with Crippen LogP contribution in [0.4, 0.5) is 4.39 Å². The van der Waals surface area contributed by atoms with Crippen molar-refractivity contribution < 1.29 is 23.9 Å². The largest absolute Gasteiger partial charge is 0.392 e. The molecule has 34 heavy (non-hydrogen) atoms. The zero-order valence-electron chi connectivity index (χ0n) is 18.6. The second-order valence-electron chi connectivity index (χ2n) is 9.26. The van der Waals surface area contributed by atoms with Gasteiger partial charge in [0.15, 0.2) is 0 Å². The molecule has 0 amide bonds. The third-order valence-corrected chi connectivity index (χ3v) is 7.53. The number of aliphatic hydroxyl groups is 2. The van der Waals surface area contributed by atoms with Crippen molar-refractivity contribution in [3.05, 3.63) is 74.7 Å². The SMILES string of the molecule is OCc1ccc(F)c([C@]2(O)CC[C@H](OCc3c(-c4c(Cl)cccc4Cl)noc3C3CC3)CC2)c1. The van der Waals surface area contributed by atoms with Crippen LogP contribution in [0, 0.1) is 5.82 Å². The fourth-order valence-corrected chi connectivity index (χ4v) is 5.36. The van der Waals surface area contributed by atoms with E-state index in [0.717, 1.165) is 24.2 Å². The molecule has 0 spiro atoms. The average molecular weight is 506 g/mol. The van der Waals surface area contributed by atoms with Gasteiger partial charge in [0.1, 0.15) is 17.3 Å². The summed E-state index contributed by atoms with van der Waals surface area (Å²) in [5.41, 5.74) is 1.64. The molecule has 0 aliphatic heterocycles. The molecular weight excluding hydrogens is 480 g/mol. The number of halogens is 3. The first-order valence-electron chi connectivity index (χ1n) is 11.6. The van der Waals surface area contributed by atoms with Gasteiger partial charge in [-0.15, -0.1) is 0 Å². The van der Waals surface area contributed by atoms with E-state index in [4.69, 9.17) is 32.5 Å². The Kier molecular flexibility index (Phi) is 6.70. The van der Waals surface area contributed by atoms with Crippen LogP contribution in [0.15, 0.2) is 40.9 Å². The highest BCUT2D eigenvalue weighted by Gasteiger charge is 2.38. The average Bonchev–Trinajstić information content (AvgIpc) is 3.59. The number of nitrogens with zero attached hydrogens (tertiary/aromatic N) is 1. The summed E-state index contributed by atoms with van der Waals surface area (Å²) in [7, 11) is 0. The number of ether oxygens (including phenoxy) is 1. The molecule has 0 unspecified atom stereocenters. The first-order valence-corrected chi connectivity index (χ1v) is 12.3. The summed E-state index contributed by atoms with van der Waals surface area (Å²) < 4.78 is 26.4. The second-order valence-corrected chi connectivity index (χ2v) is 10.1. The lowest BCUT2D eigenvalue weighted by Gasteiger charge is -2.36. The summed E-state index contributed by atoms with van der Waals surface area (Å²) in [6.07, 6.45) is 3.88. The number of benzene rings is 2. The zero-order valence-corrected chi connectivity index (χ0v) is 20.1. The number of hydrogen-bond acceptors (Lipinski definition) is 5. The summed E-state index contributed by atoms with van der Waals surface area (Å²) >= 11 is 12.9. The first-order chi connectivity index (χ1) is 16.4. The number of aliphatic hydroxyl groups excluding tert-OH is 1. The van der Waals surface area contributed by atoms with Crippen molar-refractivity contribution in [3.8, 4) is 11.3 Å². The van der Waals surface area contributed by atoms with Crippen LogP contribution in [0.2, 0.25) is 10.0 Å². The summed E-state index contributed by atoms with van der Waals surface area (Å²) in [6.45, 7) is 0.0958. The molecule has 180 valence electrons. The quantitative estimate of drug-likeness (QED) is 0.383. The minimum absolute atomic E-state index is 0.0964. The van der Waals surface area contributed by atoms with E-state index < -0.39 is 11.4 Å². The van der Waals surface area contributed by atoms with Crippen LogP contribution >= 0.6 is 23.2 Å². The van der Waals surface area contributed by atoms with Crippen molar-refractivity contribution in [2.24, 2.45) is 0 Å². The van der Waals surface area contributed by atoms with Gasteiger partial charge in [0, 0.05) is 22.6 Å². The lowest BCUT2D eigenvalue weighted by Crippen LogP contribution is -2.35. The van der Waals surface area contributed by atoms with Crippen LogP contribution in [0.25, 0.3) is 11.3 Å². The van der Waals surface area contributed by atoms with Crippen molar-refractivity contribution in [1.29, 1.82) is 0 Å². The Balaban J connectivity index is 1.31. The maximum atomic E-state index is 14.5. The fraction of sp³-hybridized carbons (Fsp3) is 0.423. The molecule has 1 aromatic heterocycles. The van der Waals surface area contributed by atoms with Gasteiger partial charge in [0.2, 0.25) is 0 Å². The van der Waals surface area contributed by atoms with E-state index in [1.807, 2.05) is 0 Å². The van der Waals surface area contributed by atoms with E-state index in [1.165, 1.54) is 12.1 Å². The number of rotatable bonds is 7. The van der Waals surface area contributed by atoms with Crippen molar-refractivity contribution in [2.45, 2.75) is 69.4 Å². The summed E-state index contributed by atoms with van der Waals surface area (Å²) in [6, 6.07) is 9.70. The first kappa shape index (κ1) is 23.8. The maximum absolute atomic E-state index is 14.5. The molecule has 2 fully saturated rings. The Morgan fingerprint density at radius 1 is 1.09 bits per heavy atom. The Labute approximate surface area is 207 Å². The van der Waals surface area contributed by atoms with E-state index >= 15 is 0 Å². The number of hydrogen-bond donors (Lipinski definition) is 2. The van der Waals surface area contributed by atoms with Crippen molar-refractivity contribution >= 4 is 23.2 Å². The summed E-state index contributed by atoms with van der Waals surface area (Å²) in [5.74, 6) is 0.694. The van der Waals surface area contributed by atoms with Gasteiger partial charge < -0.3 is 19.5 Å². The molecule has 2 aliphatic rings. The third kappa shape index (κ3) is 4.62. The van der Waals surface area contributed by atoms with Crippen molar-refractivity contribution in [2.75, 3.05) is 0 Å². The van der Waals surface area contributed by atoms with Crippen LogP contribution in [0.3, 0.4) is 0 Å². The minimum atomic E-state index is -1.28. The highest BCUT2D eigenvalue weighted by Crippen LogP contribution is 2.46. The monoisotopic (exact) mass is 505 g/mol.